The molecule has 25 heavy (non-hydrogen) atoms. The topological polar surface area (TPSA) is 55.6 Å². The summed E-state index contributed by atoms with van der Waals surface area (Å²) in [6, 6.07) is 18.1. The van der Waals surface area contributed by atoms with E-state index in [2.05, 4.69) is 24.3 Å². The van der Waals surface area contributed by atoms with Gasteiger partial charge in [0.2, 0.25) is 5.91 Å². The third-order valence-electron chi connectivity index (χ3n) is 4.22. The Labute approximate surface area is 150 Å². The number of benzene rings is 2. The minimum atomic E-state index is 0.200. The van der Waals surface area contributed by atoms with E-state index >= 15 is 0 Å². The zero-order valence-corrected chi connectivity index (χ0v) is 15.0. The summed E-state index contributed by atoms with van der Waals surface area (Å²) >= 11 is 0. The maximum atomic E-state index is 12.6. The van der Waals surface area contributed by atoms with Gasteiger partial charge < -0.3 is 15.4 Å². The molecule has 0 aromatic heterocycles. The SMILES string of the molecule is COc1ccc(CCCC(=O)N(CCCN)Cc2ccccc2)cc1. The zero-order chi connectivity index (χ0) is 17.9. The van der Waals surface area contributed by atoms with Gasteiger partial charge in [-0.3, -0.25) is 4.79 Å². The van der Waals surface area contributed by atoms with Gasteiger partial charge in [-0.25, -0.2) is 0 Å². The number of nitrogens with two attached hydrogens (primary N) is 1. The molecule has 0 atom stereocenters. The van der Waals surface area contributed by atoms with Gasteiger partial charge in [0.25, 0.3) is 0 Å². The van der Waals surface area contributed by atoms with Crippen molar-refractivity contribution in [1.29, 1.82) is 0 Å². The van der Waals surface area contributed by atoms with Crippen molar-refractivity contribution >= 4 is 5.91 Å². The van der Waals surface area contributed by atoms with Gasteiger partial charge in [0.15, 0.2) is 0 Å². The summed E-state index contributed by atoms with van der Waals surface area (Å²) in [4.78, 5) is 14.5. The lowest BCUT2D eigenvalue weighted by Crippen LogP contribution is -2.32. The van der Waals surface area contributed by atoms with Crippen molar-refractivity contribution in [1.82, 2.24) is 4.90 Å². The molecule has 0 bridgehead atoms. The summed E-state index contributed by atoms with van der Waals surface area (Å²) in [5.74, 6) is 1.06. The molecule has 0 saturated carbocycles. The Bertz CT molecular complexity index is 626. The molecule has 2 N–H and O–H groups in total. The molecule has 0 radical (unpaired) electrons. The Balaban J connectivity index is 1.85. The molecular weight excluding hydrogens is 312 g/mol. The second kappa shape index (κ2) is 10.5. The van der Waals surface area contributed by atoms with Gasteiger partial charge in [0.1, 0.15) is 5.75 Å². The van der Waals surface area contributed by atoms with Crippen LogP contribution < -0.4 is 10.5 Å². The van der Waals surface area contributed by atoms with Gasteiger partial charge in [-0.05, 0) is 49.1 Å². The number of aryl methyl sites for hydroxylation is 1. The average Bonchev–Trinajstić information content (AvgIpc) is 2.66. The number of methoxy groups -OCH3 is 1. The van der Waals surface area contributed by atoms with E-state index in [1.54, 1.807) is 7.11 Å². The number of carbonyl (C=O) groups is 1. The summed E-state index contributed by atoms with van der Waals surface area (Å²) in [5.41, 5.74) is 8.00. The van der Waals surface area contributed by atoms with Crippen molar-refractivity contribution in [2.24, 2.45) is 5.73 Å². The quantitative estimate of drug-likeness (QED) is 0.721. The smallest absolute Gasteiger partial charge is 0.222 e. The Morgan fingerprint density at radius 1 is 1.00 bits per heavy atom. The summed E-state index contributed by atoms with van der Waals surface area (Å²) < 4.78 is 5.17. The molecular formula is C21H28N2O2. The van der Waals surface area contributed by atoms with E-state index in [9.17, 15) is 4.79 Å². The highest BCUT2D eigenvalue weighted by molar-refractivity contribution is 5.76. The van der Waals surface area contributed by atoms with Crippen molar-refractivity contribution in [2.45, 2.75) is 32.2 Å². The first-order valence-electron chi connectivity index (χ1n) is 8.87. The van der Waals surface area contributed by atoms with Crippen LogP contribution in [-0.4, -0.2) is 31.0 Å². The predicted octanol–water partition coefficient (Wildman–Crippen LogP) is 3.40. The molecule has 2 rings (SSSR count). The van der Waals surface area contributed by atoms with Gasteiger partial charge >= 0.3 is 0 Å². The Kier molecular flexibility index (Phi) is 7.99. The van der Waals surface area contributed by atoms with Crippen LogP contribution in [0, 0.1) is 0 Å². The molecule has 0 unspecified atom stereocenters. The third kappa shape index (κ3) is 6.59. The highest BCUT2D eigenvalue weighted by Crippen LogP contribution is 2.14. The van der Waals surface area contributed by atoms with Crippen LogP contribution in [0.3, 0.4) is 0 Å². The van der Waals surface area contributed by atoms with E-state index in [1.165, 1.54) is 5.56 Å². The molecule has 0 saturated heterocycles. The number of nitrogens with zero attached hydrogens (tertiary/aromatic N) is 1. The normalized spacial score (nSPS) is 10.5. The van der Waals surface area contributed by atoms with Crippen LogP contribution in [0.1, 0.15) is 30.4 Å². The van der Waals surface area contributed by atoms with Gasteiger partial charge in [0.05, 0.1) is 7.11 Å². The highest BCUT2D eigenvalue weighted by atomic mass is 16.5. The molecule has 0 spiro atoms. The first-order chi connectivity index (χ1) is 12.2. The molecule has 2 aromatic rings. The van der Waals surface area contributed by atoms with Crippen LogP contribution in [0.2, 0.25) is 0 Å². The van der Waals surface area contributed by atoms with Crippen molar-refractivity contribution in [3.05, 3.63) is 65.7 Å². The highest BCUT2D eigenvalue weighted by Gasteiger charge is 2.13. The van der Waals surface area contributed by atoms with Crippen LogP contribution in [0.4, 0.5) is 0 Å². The fraction of sp³-hybridized carbons (Fsp3) is 0.381. The molecule has 0 aliphatic rings. The number of ether oxygens (including phenoxy) is 1. The molecule has 2 aromatic carbocycles. The molecule has 0 aliphatic heterocycles. The van der Waals surface area contributed by atoms with Crippen molar-refractivity contribution in [3.8, 4) is 5.75 Å². The maximum Gasteiger partial charge on any atom is 0.222 e. The average molecular weight is 340 g/mol. The standard InChI is InChI=1S/C21H28N2O2/c1-25-20-13-11-18(12-14-20)9-5-10-21(24)23(16-6-15-22)17-19-7-3-2-4-8-19/h2-4,7-8,11-14H,5-6,9-10,15-17,22H2,1H3. The van der Waals surface area contributed by atoms with Crippen LogP contribution in [0.15, 0.2) is 54.6 Å². The maximum absolute atomic E-state index is 12.6. The predicted molar refractivity (Wildman–Crippen MR) is 101 cm³/mol. The van der Waals surface area contributed by atoms with E-state index in [4.69, 9.17) is 10.5 Å². The first kappa shape index (κ1) is 19.0. The second-order valence-electron chi connectivity index (χ2n) is 6.14. The Hall–Kier alpha value is -2.33. The third-order valence-corrected chi connectivity index (χ3v) is 4.22. The van der Waals surface area contributed by atoms with Crippen molar-refractivity contribution in [2.75, 3.05) is 20.2 Å². The van der Waals surface area contributed by atoms with Gasteiger partial charge in [-0.15, -0.1) is 0 Å². The molecule has 0 fully saturated rings. The van der Waals surface area contributed by atoms with Crippen molar-refractivity contribution in [3.63, 3.8) is 0 Å². The van der Waals surface area contributed by atoms with E-state index in [-0.39, 0.29) is 5.91 Å². The lowest BCUT2D eigenvalue weighted by atomic mass is 10.1. The van der Waals surface area contributed by atoms with E-state index in [0.717, 1.165) is 30.6 Å². The largest absolute Gasteiger partial charge is 0.497 e. The molecule has 134 valence electrons. The number of rotatable bonds is 10. The summed E-state index contributed by atoms with van der Waals surface area (Å²) in [6.45, 7) is 1.97. The lowest BCUT2D eigenvalue weighted by Gasteiger charge is -2.23. The number of amides is 1. The summed E-state index contributed by atoms with van der Waals surface area (Å²) in [5, 5.41) is 0. The molecule has 4 nitrogen and oxygen atoms in total. The van der Waals surface area contributed by atoms with Crippen LogP contribution in [0.25, 0.3) is 0 Å². The molecule has 0 aliphatic carbocycles. The molecule has 1 amide bonds. The molecule has 4 heteroatoms. The van der Waals surface area contributed by atoms with Gasteiger partial charge in [-0.2, -0.15) is 0 Å². The van der Waals surface area contributed by atoms with Gasteiger partial charge in [0, 0.05) is 19.5 Å². The van der Waals surface area contributed by atoms with Crippen molar-refractivity contribution < 1.29 is 9.53 Å². The Morgan fingerprint density at radius 2 is 1.72 bits per heavy atom. The second-order valence-corrected chi connectivity index (χ2v) is 6.14. The number of carbonyl (C=O) groups excluding carboxylic acids is 1. The minimum absolute atomic E-state index is 0.200. The monoisotopic (exact) mass is 340 g/mol. The first-order valence-corrected chi connectivity index (χ1v) is 8.87. The summed E-state index contributed by atoms with van der Waals surface area (Å²) in [7, 11) is 1.66. The fourth-order valence-corrected chi connectivity index (χ4v) is 2.77. The van der Waals surface area contributed by atoms with E-state index in [0.29, 0.717) is 26.1 Å². The fourth-order valence-electron chi connectivity index (χ4n) is 2.77. The van der Waals surface area contributed by atoms with Crippen LogP contribution in [-0.2, 0) is 17.8 Å². The van der Waals surface area contributed by atoms with Crippen LogP contribution >= 0.6 is 0 Å². The minimum Gasteiger partial charge on any atom is -0.497 e. The van der Waals surface area contributed by atoms with E-state index in [1.807, 2.05) is 35.2 Å². The van der Waals surface area contributed by atoms with Gasteiger partial charge in [-0.1, -0.05) is 42.5 Å². The van der Waals surface area contributed by atoms with Crippen LogP contribution in [0.5, 0.6) is 5.75 Å². The number of hydrogen-bond acceptors (Lipinski definition) is 3. The Morgan fingerprint density at radius 3 is 2.36 bits per heavy atom. The molecule has 0 heterocycles. The zero-order valence-electron chi connectivity index (χ0n) is 15.0. The van der Waals surface area contributed by atoms with E-state index < -0.39 is 0 Å². The summed E-state index contributed by atoms with van der Waals surface area (Å²) in [6.07, 6.45) is 3.13. The lowest BCUT2D eigenvalue weighted by molar-refractivity contribution is -0.132. The number of hydrogen-bond donors (Lipinski definition) is 1.